The molecular formula is C23H28N4O4. The standard InChI is InChI=1S/C23H28N4O4/c1-3-12-25-23(30)20-14-27(18-10-5-6-11-19(18)31-20)15-21(28)26-17-9-7-8-16(13-17)22(29)24-4-2/h5-11,13,20H,3-4,12,14-15H2,1-2H3,(H,24,29)(H,25,30)(H,26,28)/t20-/m1/s1. The van der Waals surface area contributed by atoms with Gasteiger partial charge >= 0.3 is 0 Å². The highest BCUT2D eigenvalue weighted by atomic mass is 16.5. The van der Waals surface area contributed by atoms with Crippen LogP contribution in [-0.2, 0) is 9.59 Å². The largest absolute Gasteiger partial charge is 0.477 e. The Kier molecular flexibility index (Phi) is 7.48. The molecule has 1 aliphatic heterocycles. The molecule has 0 spiro atoms. The Bertz CT molecular complexity index is 947. The van der Waals surface area contributed by atoms with Crippen LogP contribution in [0.2, 0.25) is 0 Å². The maximum atomic E-state index is 12.8. The van der Waals surface area contributed by atoms with Gasteiger partial charge in [0.15, 0.2) is 6.10 Å². The van der Waals surface area contributed by atoms with Crippen LogP contribution in [0.5, 0.6) is 5.75 Å². The zero-order valence-electron chi connectivity index (χ0n) is 17.8. The molecule has 0 aliphatic carbocycles. The van der Waals surface area contributed by atoms with Crippen molar-refractivity contribution in [1.82, 2.24) is 10.6 Å². The van der Waals surface area contributed by atoms with Crippen molar-refractivity contribution in [2.24, 2.45) is 0 Å². The maximum Gasteiger partial charge on any atom is 0.262 e. The molecule has 1 heterocycles. The lowest BCUT2D eigenvalue weighted by Crippen LogP contribution is -2.50. The Morgan fingerprint density at radius 1 is 1.06 bits per heavy atom. The smallest absolute Gasteiger partial charge is 0.262 e. The van der Waals surface area contributed by atoms with E-state index in [0.29, 0.717) is 30.1 Å². The van der Waals surface area contributed by atoms with Gasteiger partial charge in [0, 0.05) is 24.3 Å². The van der Waals surface area contributed by atoms with E-state index in [0.717, 1.165) is 12.1 Å². The zero-order valence-corrected chi connectivity index (χ0v) is 17.8. The molecule has 0 bridgehead atoms. The van der Waals surface area contributed by atoms with Crippen molar-refractivity contribution in [3.05, 3.63) is 54.1 Å². The van der Waals surface area contributed by atoms with Crippen LogP contribution in [0.25, 0.3) is 0 Å². The van der Waals surface area contributed by atoms with Gasteiger partial charge in [-0.2, -0.15) is 0 Å². The fourth-order valence-electron chi connectivity index (χ4n) is 3.33. The molecule has 3 amide bonds. The quantitative estimate of drug-likeness (QED) is 0.603. The Morgan fingerprint density at radius 2 is 1.87 bits per heavy atom. The number of amides is 3. The predicted molar refractivity (Wildman–Crippen MR) is 119 cm³/mol. The zero-order chi connectivity index (χ0) is 22.2. The van der Waals surface area contributed by atoms with E-state index in [1.807, 2.05) is 36.9 Å². The molecule has 1 aliphatic rings. The van der Waals surface area contributed by atoms with Gasteiger partial charge in [0.1, 0.15) is 5.75 Å². The number of fused-ring (bicyclic) bond motifs is 1. The summed E-state index contributed by atoms with van der Waals surface area (Å²) in [5.41, 5.74) is 1.77. The van der Waals surface area contributed by atoms with Crippen LogP contribution in [-0.4, -0.2) is 50.0 Å². The first kappa shape index (κ1) is 22.1. The van der Waals surface area contributed by atoms with Gasteiger partial charge in [-0.15, -0.1) is 0 Å². The van der Waals surface area contributed by atoms with Crippen molar-refractivity contribution in [1.29, 1.82) is 0 Å². The summed E-state index contributed by atoms with van der Waals surface area (Å²) in [5, 5.41) is 8.42. The van der Waals surface area contributed by atoms with Crippen LogP contribution in [0.4, 0.5) is 11.4 Å². The van der Waals surface area contributed by atoms with Crippen LogP contribution < -0.4 is 25.6 Å². The van der Waals surface area contributed by atoms with E-state index in [1.54, 1.807) is 30.3 Å². The summed E-state index contributed by atoms with van der Waals surface area (Å²) in [6.45, 7) is 5.23. The first-order chi connectivity index (χ1) is 15.0. The summed E-state index contributed by atoms with van der Waals surface area (Å²) >= 11 is 0. The van der Waals surface area contributed by atoms with Gasteiger partial charge in [0.2, 0.25) is 5.91 Å². The Hall–Kier alpha value is -3.55. The number of hydrogen-bond donors (Lipinski definition) is 3. The molecule has 0 unspecified atom stereocenters. The first-order valence-electron chi connectivity index (χ1n) is 10.5. The van der Waals surface area contributed by atoms with E-state index in [9.17, 15) is 14.4 Å². The van der Waals surface area contributed by atoms with Gasteiger partial charge in [-0.1, -0.05) is 25.1 Å². The number of carbonyl (C=O) groups is 3. The molecule has 1 atom stereocenters. The van der Waals surface area contributed by atoms with Crippen molar-refractivity contribution in [2.75, 3.05) is 36.4 Å². The number of nitrogens with zero attached hydrogens (tertiary/aromatic N) is 1. The molecule has 31 heavy (non-hydrogen) atoms. The second-order valence-corrected chi connectivity index (χ2v) is 7.23. The van der Waals surface area contributed by atoms with E-state index in [-0.39, 0.29) is 30.8 Å². The van der Waals surface area contributed by atoms with Crippen molar-refractivity contribution in [3.63, 3.8) is 0 Å². The molecule has 164 valence electrons. The average Bonchev–Trinajstić information content (AvgIpc) is 2.77. The van der Waals surface area contributed by atoms with E-state index in [2.05, 4.69) is 16.0 Å². The molecule has 8 heteroatoms. The monoisotopic (exact) mass is 424 g/mol. The van der Waals surface area contributed by atoms with Gasteiger partial charge < -0.3 is 25.6 Å². The van der Waals surface area contributed by atoms with Crippen LogP contribution >= 0.6 is 0 Å². The molecule has 2 aromatic carbocycles. The number of ether oxygens (including phenoxy) is 1. The van der Waals surface area contributed by atoms with Gasteiger partial charge in [-0.3, -0.25) is 14.4 Å². The normalized spacial score (nSPS) is 14.8. The number of para-hydroxylation sites is 2. The summed E-state index contributed by atoms with van der Waals surface area (Å²) in [7, 11) is 0. The Labute approximate surface area is 182 Å². The van der Waals surface area contributed by atoms with E-state index in [4.69, 9.17) is 4.74 Å². The highest BCUT2D eigenvalue weighted by molar-refractivity contribution is 5.98. The highest BCUT2D eigenvalue weighted by Crippen LogP contribution is 2.33. The Balaban J connectivity index is 1.70. The van der Waals surface area contributed by atoms with Crippen LogP contribution in [0.15, 0.2) is 48.5 Å². The van der Waals surface area contributed by atoms with Gasteiger partial charge in [0.25, 0.3) is 11.8 Å². The summed E-state index contributed by atoms with van der Waals surface area (Å²) < 4.78 is 5.86. The third-order valence-electron chi connectivity index (χ3n) is 4.78. The summed E-state index contributed by atoms with van der Waals surface area (Å²) in [5.74, 6) is -0.0769. The van der Waals surface area contributed by atoms with E-state index >= 15 is 0 Å². The van der Waals surface area contributed by atoms with E-state index in [1.165, 1.54) is 0 Å². The minimum absolute atomic E-state index is 0.0450. The molecule has 0 radical (unpaired) electrons. The molecule has 3 rings (SSSR count). The number of hydrogen-bond acceptors (Lipinski definition) is 5. The number of anilines is 2. The number of rotatable bonds is 8. The molecule has 8 nitrogen and oxygen atoms in total. The van der Waals surface area contributed by atoms with Gasteiger partial charge in [0.05, 0.1) is 18.8 Å². The van der Waals surface area contributed by atoms with Crippen molar-refractivity contribution >= 4 is 29.1 Å². The molecule has 0 saturated heterocycles. The molecule has 3 N–H and O–H groups in total. The number of nitrogens with one attached hydrogen (secondary N) is 3. The predicted octanol–water partition coefficient (Wildman–Crippen LogP) is 2.17. The van der Waals surface area contributed by atoms with Gasteiger partial charge in [-0.25, -0.2) is 0 Å². The second-order valence-electron chi connectivity index (χ2n) is 7.23. The van der Waals surface area contributed by atoms with Crippen LogP contribution in [0.3, 0.4) is 0 Å². The Morgan fingerprint density at radius 3 is 2.65 bits per heavy atom. The topological polar surface area (TPSA) is 99.8 Å². The van der Waals surface area contributed by atoms with Crippen molar-refractivity contribution in [2.45, 2.75) is 26.4 Å². The molecule has 0 saturated carbocycles. The highest BCUT2D eigenvalue weighted by Gasteiger charge is 2.31. The summed E-state index contributed by atoms with van der Waals surface area (Å²) in [6.07, 6.45) is 0.131. The fraction of sp³-hybridized carbons (Fsp3) is 0.348. The third-order valence-corrected chi connectivity index (χ3v) is 4.78. The lowest BCUT2D eigenvalue weighted by molar-refractivity contribution is -0.128. The SMILES string of the molecule is CCCNC(=O)[C@H]1CN(CC(=O)Nc2cccc(C(=O)NCC)c2)c2ccccc2O1. The third kappa shape index (κ3) is 5.75. The first-order valence-corrected chi connectivity index (χ1v) is 10.5. The summed E-state index contributed by atoms with van der Waals surface area (Å²) in [6, 6.07) is 14.1. The van der Waals surface area contributed by atoms with Crippen LogP contribution in [0.1, 0.15) is 30.6 Å². The fourth-order valence-corrected chi connectivity index (χ4v) is 3.33. The van der Waals surface area contributed by atoms with Gasteiger partial charge in [-0.05, 0) is 43.7 Å². The van der Waals surface area contributed by atoms with Crippen LogP contribution in [0, 0.1) is 0 Å². The number of benzene rings is 2. The molecular weight excluding hydrogens is 396 g/mol. The second kappa shape index (κ2) is 10.5. The molecule has 0 aromatic heterocycles. The lowest BCUT2D eigenvalue weighted by Gasteiger charge is -2.35. The summed E-state index contributed by atoms with van der Waals surface area (Å²) in [4.78, 5) is 39.1. The number of carbonyl (C=O) groups excluding carboxylic acids is 3. The van der Waals surface area contributed by atoms with Crippen molar-refractivity contribution in [3.8, 4) is 5.75 Å². The molecule has 0 fully saturated rings. The molecule has 2 aromatic rings. The average molecular weight is 425 g/mol. The van der Waals surface area contributed by atoms with Crippen molar-refractivity contribution < 1.29 is 19.1 Å². The minimum Gasteiger partial charge on any atom is -0.477 e. The lowest BCUT2D eigenvalue weighted by atomic mass is 10.1. The van der Waals surface area contributed by atoms with E-state index < -0.39 is 6.10 Å². The maximum absolute atomic E-state index is 12.8. The minimum atomic E-state index is -0.699.